The van der Waals surface area contributed by atoms with Crippen LogP contribution in [0.2, 0.25) is 0 Å². The summed E-state index contributed by atoms with van der Waals surface area (Å²) in [7, 11) is 0. The average Bonchev–Trinajstić information content (AvgIpc) is 2.90. The van der Waals surface area contributed by atoms with Crippen molar-refractivity contribution in [1.82, 2.24) is 14.8 Å². The molecule has 6 heteroatoms. The maximum atomic E-state index is 5.97. The maximum absolute atomic E-state index is 5.97. The minimum Gasteiger partial charge on any atom is -0.485 e. The Morgan fingerprint density at radius 1 is 1.40 bits per heavy atom. The predicted octanol–water partition coefficient (Wildman–Crippen LogP) is 2.70. The lowest BCUT2D eigenvalue weighted by molar-refractivity contribution is 0.0821. The number of hydrogen-bond acceptors (Lipinski definition) is 5. The maximum Gasteiger partial charge on any atom is 0.192 e. The Balaban J connectivity index is 1.91. The van der Waals surface area contributed by atoms with Crippen LogP contribution in [0.25, 0.3) is 0 Å². The van der Waals surface area contributed by atoms with Crippen molar-refractivity contribution in [3.63, 3.8) is 0 Å². The van der Waals surface area contributed by atoms with E-state index in [-0.39, 0.29) is 6.10 Å². The fourth-order valence-electron chi connectivity index (χ4n) is 2.14. The van der Waals surface area contributed by atoms with E-state index in [0.717, 1.165) is 22.5 Å². The van der Waals surface area contributed by atoms with E-state index in [9.17, 15) is 0 Å². The molecule has 0 unspecified atom stereocenters. The summed E-state index contributed by atoms with van der Waals surface area (Å²) in [6, 6.07) is 7.64. The first-order chi connectivity index (χ1) is 9.83. The highest BCUT2D eigenvalue weighted by Gasteiger charge is 2.27. The van der Waals surface area contributed by atoms with E-state index in [1.54, 1.807) is 11.8 Å². The van der Waals surface area contributed by atoms with Gasteiger partial charge < -0.3 is 9.47 Å². The molecule has 0 saturated carbocycles. The van der Waals surface area contributed by atoms with Gasteiger partial charge in [0.15, 0.2) is 28.6 Å². The van der Waals surface area contributed by atoms with Crippen LogP contribution in [0.1, 0.15) is 11.9 Å². The Hall–Kier alpha value is -1.95. The number of ether oxygens (including phenoxy) is 2. The summed E-state index contributed by atoms with van der Waals surface area (Å²) in [5.41, 5.74) is 0. The molecule has 1 aliphatic rings. The highest BCUT2D eigenvalue weighted by atomic mass is 32.2. The summed E-state index contributed by atoms with van der Waals surface area (Å²) in [6.45, 7) is 4.86. The SMILES string of the molecule is C=CCn1c(SC)nnc1[C@H]1COc2ccccc2O1. The van der Waals surface area contributed by atoms with Crippen molar-refractivity contribution in [2.45, 2.75) is 17.8 Å². The molecule has 2 aromatic rings. The van der Waals surface area contributed by atoms with Gasteiger partial charge in [-0.1, -0.05) is 30.0 Å². The molecular formula is C14H15N3O2S. The van der Waals surface area contributed by atoms with Crippen molar-refractivity contribution in [3.8, 4) is 11.5 Å². The second kappa shape index (κ2) is 5.58. The van der Waals surface area contributed by atoms with Crippen LogP contribution in [0.4, 0.5) is 0 Å². The Labute approximate surface area is 121 Å². The first kappa shape index (κ1) is 13.1. The molecule has 1 aromatic heterocycles. The van der Waals surface area contributed by atoms with Gasteiger partial charge >= 0.3 is 0 Å². The Kier molecular flexibility index (Phi) is 3.64. The van der Waals surface area contributed by atoms with E-state index in [4.69, 9.17) is 9.47 Å². The molecule has 0 aliphatic carbocycles. The molecule has 104 valence electrons. The third-order valence-corrected chi connectivity index (χ3v) is 3.70. The molecule has 5 nitrogen and oxygen atoms in total. The highest BCUT2D eigenvalue weighted by molar-refractivity contribution is 7.98. The standard InChI is InChI=1S/C14H15N3O2S/c1-3-8-17-13(15-16-14(17)20-2)12-9-18-10-6-4-5-7-11(10)19-12/h3-7,12H,1,8-9H2,2H3/t12-/m1/s1. The summed E-state index contributed by atoms with van der Waals surface area (Å²) in [5.74, 6) is 2.27. The van der Waals surface area contributed by atoms with Crippen molar-refractivity contribution in [3.05, 3.63) is 42.7 Å². The van der Waals surface area contributed by atoms with Gasteiger partial charge in [-0.3, -0.25) is 4.57 Å². The van der Waals surface area contributed by atoms with Gasteiger partial charge in [-0.25, -0.2) is 0 Å². The lowest BCUT2D eigenvalue weighted by Gasteiger charge is -2.26. The summed E-state index contributed by atoms with van der Waals surface area (Å²) in [4.78, 5) is 0. The van der Waals surface area contributed by atoms with E-state index < -0.39 is 0 Å². The Bertz CT molecular complexity index is 627. The quantitative estimate of drug-likeness (QED) is 0.640. The average molecular weight is 289 g/mol. The number of benzene rings is 1. The first-order valence-electron chi connectivity index (χ1n) is 6.30. The van der Waals surface area contributed by atoms with Crippen LogP contribution in [0, 0.1) is 0 Å². The van der Waals surface area contributed by atoms with Gasteiger partial charge in [0, 0.05) is 6.54 Å². The van der Waals surface area contributed by atoms with Gasteiger partial charge in [-0.15, -0.1) is 16.8 Å². The first-order valence-corrected chi connectivity index (χ1v) is 7.52. The third kappa shape index (κ3) is 2.27. The highest BCUT2D eigenvalue weighted by Crippen LogP contribution is 2.35. The molecule has 0 N–H and O–H groups in total. The Morgan fingerprint density at radius 2 is 2.20 bits per heavy atom. The lowest BCUT2D eigenvalue weighted by atomic mass is 10.2. The van der Waals surface area contributed by atoms with Gasteiger partial charge in [-0.2, -0.15) is 0 Å². The predicted molar refractivity (Wildman–Crippen MR) is 77.3 cm³/mol. The van der Waals surface area contributed by atoms with Crippen LogP contribution in [-0.4, -0.2) is 27.6 Å². The van der Waals surface area contributed by atoms with Crippen molar-refractivity contribution in [2.24, 2.45) is 0 Å². The second-order valence-electron chi connectivity index (χ2n) is 4.31. The molecule has 0 radical (unpaired) electrons. The Morgan fingerprint density at radius 3 is 2.95 bits per heavy atom. The summed E-state index contributed by atoms with van der Waals surface area (Å²) >= 11 is 1.55. The molecule has 1 atom stereocenters. The molecule has 2 heterocycles. The van der Waals surface area contributed by atoms with E-state index in [2.05, 4.69) is 16.8 Å². The number of thioether (sulfide) groups is 1. The zero-order valence-electron chi connectivity index (χ0n) is 11.2. The summed E-state index contributed by atoms with van der Waals surface area (Å²) in [6.07, 6.45) is 3.55. The molecule has 0 fully saturated rings. The fraction of sp³-hybridized carbons (Fsp3) is 0.286. The molecule has 3 rings (SSSR count). The van der Waals surface area contributed by atoms with Crippen molar-refractivity contribution >= 4 is 11.8 Å². The minimum atomic E-state index is -0.252. The molecule has 0 spiro atoms. The molecular weight excluding hydrogens is 274 g/mol. The molecule has 0 saturated heterocycles. The van der Waals surface area contributed by atoms with E-state index in [1.807, 2.05) is 41.2 Å². The third-order valence-electron chi connectivity index (χ3n) is 3.04. The van der Waals surface area contributed by atoms with Crippen LogP contribution in [0.5, 0.6) is 11.5 Å². The fourth-order valence-corrected chi connectivity index (χ4v) is 2.65. The normalized spacial score (nSPS) is 16.9. The van der Waals surface area contributed by atoms with E-state index in [1.165, 1.54) is 0 Å². The number of hydrogen-bond donors (Lipinski definition) is 0. The molecule has 1 aliphatic heterocycles. The molecule has 20 heavy (non-hydrogen) atoms. The van der Waals surface area contributed by atoms with Crippen LogP contribution in [0.3, 0.4) is 0 Å². The minimum absolute atomic E-state index is 0.252. The van der Waals surface area contributed by atoms with Gasteiger partial charge in [0.2, 0.25) is 0 Å². The van der Waals surface area contributed by atoms with Crippen LogP contribution in [-0.2, 0) is 6.54 Å². The monoisotopic (exact) mass is 289 g/mol. The van der Waals surface area contributed by atoms with Gasteiger partial charge in [-0.05, 0) is 18.4 Å². The zero-order valence-corrected chi connectivity index (χ0v) is 12.0. The van der Waals surface area contributed by atoms with Gasteiger partial charge in [0.1, 0.15) is 6.61 Å². The van der Waals surface area contributed by atoms with E-state index >= 15 is 0 Å². The van der Waals surface area contributed by atoms with E-state index in [0.29, 0.717) is 13.2 Å². The second-order valence-corrected chi connectivity index (χ2v) is 5.08. The van der Waals surface area contributed by atoms with Crippen LogP contribution in [0.15, 0.2) is 42.1 Å². The molecule has 1 aromatic carbocycles. The number of para-hydroxylation sites is 2. The van der Waals surface area contributed by atoms with Crippen LogP contribution >= 0.6 is 11.8 Å². The number of aromatic nitrogens is 3. The zero-order chi connectivity index (χ0) is 13.9. The smallest absolute Gasteiger partial charge is 0.192 e. The number of allylic oxidation sites excluding steroid dienone is 1. The lowest BCUT2D eigenvalue weighted by Crippen LogP contribution is -2.25. The summed E-state index contributed by atoms with van der Waals surface area (Å²) in [5, 5.41) is 9.27. The number of nitrogens with zero attached hydrogens (tertiary/aromatic N) is 3. The molecule has 0 amide bonds. The number of fused-ring (bicyclic) bond motifs is 1. The van der Waals surface area contributed by atoms with Crippen molar-refractivity contribution in [2.75, 3.05) is 12.9 Å². The van der Waals surface area contributed by atoms with Crippen molar-refractivity contribution in [1.29, 1.82) is 0 Å². The van der Waals surface area contributed by atoms with Crippen LogP contribution < -0.4 is 9.47 Å². The topological polar surface area (TPSA) is 49.2 Å². The molecule has 0 bridgehead atoms. The largest absolute Gasteiger partial charge is 0.485 e. The van der Waals surface area contributed by atoms with Crippen molar-refractivity contribution < 1.29 is 9.47 Å². The van der Waals surface area contributed by atoms with Gasteiger partial charge in [0.25, 0.3) is 0 Å². The van der Waals surface area contributed by atoms with Gasteiger partial charge in [0.05, 0.1) is 0 Å². The number of rotatable bonds is 4. The summed E-state index contributed by atoms with van der Waals surface area (Å²) < 4.78 is 13.7.